The topological polar surface area (TPSA) is 55.0 Å². The second-order valence-electron chi connectivity index (χ2n) is 6.59. The lowest BCUT2D eigenvalue weighted by Crippen LogP contribution is -2.33. The largest absolute Gasteiger partial charge is 0.382 e. The van der Waals surface area contributed by atoms with E-state index in [1.807, 2.05) is 12.1 Å². The number of nitrogens with two attached hydrogens (primary N) is 1. The lowest BCUT2D eigenvalue weighted by Gasteiger charge is -2.38. The maximum atomic E-state index is 6.26. The zero-order chi connectivity index (χ0) is 16.0. The first-order chi connectivity index (χ1) is 11.1. The molecule has 120 valence electrons. The predicted octanol–water partition coefficient (Wildman–Crippen LogP) is 4.41. The van der Waals surface area contributed by atoms with E-state index in [2.05, 4.69) is 14.9 Å². The van der Waals surface area contributed by atoms with Crippen LogP contribution in [0.25, 0.3) is 11.3 Å². The zero-order valence-corrected chi connectivity index (χ0v) is 14.2. The minimum atomic E-state index is 0.390. The second kappa shape index (κ2) is 5.53. The third-order valence-corrected chi connectivity index (χ3v) is 5.99. The average molecular weight is 349 g/mol. The molecule has 1 saturated carbocycles. The van der Waals surface area contributed by atoms with Crippen LogP contribution in [0, 0.1) is 5.41 Å². The number of nitrogen functional groups attached to an aromatic ring is 1. The number of nitrogens with zero attached hydrogens (tertiary/aromatic N) is 3. The molecule has 2 N–H and O–H groups in total. The predicted molar refractivity (Wildman–Crippen MR) is 95.0 cm³/mol. The summed E-state index contributed by atoms with van der Waals surface area (Å²) in [6.45, 7) is 2.10. The van der Waals surface area contributed by atoms with E-state index >= 15 is 0 Å². The number of benzene rings is 1. The molecule has 1 spiro atoms. The quantitative estimate of drug-likeness (QED) is 0.872. The van der Waals surface area contributed by atoms with Gasteiger partial charge in [0, 0.05) is 18.7 Å². The van der Waals surface area contributed by atoms with Gasteiger partial charge in [-0.25, -0.2) is 9.97 Å². The monoisotopic (exact) mass is 348 g/mol. The first-order valence-electron chi connectivity index (χ1n) is 7.90. The van der Waals surface area contributed by atoms with Crippen molar-refractivity contribution in [2.24, 2.45) is 5.41 Å². The summed E-state index contributed by atoms with van der Waals surface area (Å²) >= 11 is 12.3. The molecule has 1 saturated heterocycles. The van der Waals surface area contributed by atoms with Crippen molar-refractivity contribution < 1.29 is 0 Å². The Morgan fingerprint density at radius 2 is 2.00 bits per heavy atom. The van der Waals surface area contributed by atoms with Gasteiger partial charge in [0.05, 0.1) is 16.2 Å². The molecule has 1 aliphatic carbocycles. The molecule has 6 heteroatoms. The second-order valence-corrected chi connectivity index (χ2v) is 7.37. The Kier molecular flexibility index (Phi) is 3.62. The first-order valence-corrected chi connectivity index (χ1v) is 8.65. The Hall–Kier alpha value is -1.52. The summed E-state index contributed by atoms with van der Waals surface area (Å²) in [4.78, 5) is 11.4. The van der Waals surface area contributed by atoms with Crippen LogP contribution in [0.2, 0.25) is 10.0 Å². The van der Waals surface area contributed by atoms with Gasteiger partial charge in [-0.05, 0) is 30.7 Å². The van der Waals surface area contributed by atoms with E-state index in [1.165, 1.54) is 25.7 Å². The van der Waals surface area contributed by atoms with Gasteiger partial charge in [-0.15, -0.1) is 0 Å². The molecule has 2 heterocycles. The molecule has 2 aromatic rings. The Bertz CT molecular complexity index is 758. The Balaban J connectivity index is 1.64. The van der Waals surface area contributed by atoms with Crippen molar-refractivity contribution in [2.45, 2.75) is 25.7 Å². The van der Waals surface area contributed by atoms with Gasteiger partial charge < -0.3 is 10.6 Å². The Morgan fingerprint density at radius 3 is 2.65 bits per heavy atom. The van der Waals surface area contributed by atoms with Crippen LogP contribution in [0.15, 0.2) is 24.4 Å². The van der Waals surface area contributed by atoms with Gasteiger partial charge in [-0.3, -0.25) is 0 Å². The van der Waals surface area contributed by atoms with Gasteiger partial charge in [-0.2, -0.15) is 0 Å². The molecule has 4 rings (SSSR count). The molecule has 0 amide bonds. The highest BCUT2D eigenvalue weighted by atomic mass is 35.5. The van der Waals surface area contributed by atoms with Crippen LogP contribution in [0.1, 0.15) is 25.7 Å². The van der Waals surface area contributed by atoms with Crippen molar-refractivity contribution in [2.75, 3.05) is 23.7 Å². The molecule has 1 aromatic carbocycles. The summed E-state index contributed by atoms with van der Waals surface area (Å²) in [6.07, 6.45) is 7.07. The number of rotatable bonds is 2. The van der Waals surface area contributed by atoms with Crippen molar-refractivity contribution in [3.8, 4) is 11.3 Å². The van der Waals surface area contributed by atoms with Crippen molar-refractivity contribution in [3.63, 3.8) is 0 Å². The number of halogens is 2. The van der Waals surface area contributed by atoms with Crippen LogP contribution in [-0.2, 0) is 0 Å². The van der Waals surface area contributed by atoms with Crippen molar-refractivity contribution in [1.82, 2.24) is 9.97 Å². The van der Waals surface area contributed by atoms with Gasteiger partial charge in [0.25, 0.3) is 0 Å². The fourth-order valence-electron chi connectivity index (χ4n) is 3.66. The molecule has 0 atom stereocenters. The molecule has 23 heavy (non-hydrogen) atoms. The van der Waals surface area contributed by atoms with Gasteiger partial charge >= 0.3 is 0 Å². The van der Waals surface area contributed by atoms with Crippen LogP contribution >= 0.6 is 23.2 Å². The zero-order valence-electron chi connectivity index (χ0n) is 12.7. The average Bonchev–Trinajstić information content (AvgIpc) is 2.96. The first kappa shape index (κ1) is 15.0. The lowest BCUT2D eigenvalue weighted by molar-refractivity contribution is 0.165. The third kappa shape index (κ3) is 2.54. The van der Waals surface area contributed by atoms with E-state index in [9.17, 15) is 0 Å². The summed E-state index contributed by atoms with van der Waals surface area (Å²) in [7, 11) is 0. The number of aromatic nitrogens is 2. The summed E-state index contributed by atoms with van der Waals surface area (Å²) in [5, 5.41) is 0.943. The van der Waals surface area contributed by atoms with Crippen LogP contribution in [-0.4, -0.2) is 23.1 Å². The Labute approximate surface area is 145 Å². The minimum absolute atomic E-state index is 0.390. The fourth-order valence-corrected chi connectivity index (χ4v) is 4.05. The number of hydrogen-bond acceptors (Lipinski definition) is 4. The molecule has 2 aliphatic rings. The summed E-state index contributed by atoms with van der Waals surface area (Å²) in [5.74, 6) is 1.24. The van der Waals surface area contributed by atoms with Gasteiger partial charge in [-0.1, -0.05) is 41.8 Å². The normalized spacial score (nSPS) is 19.1. The molecule has 1 aromatic heterocycles. The van der Waals surface area contributed by atoms with E-state index in [0.717, 1.165) is 18.9 Å². The Morgan fingerprint density at radius 1 is 1.17 bits per heavy atom. The van der Waals surface area contributed by atoms with Crippen LogP contribution in [0.3, 0.4) is 0 Å². The molecule has 1 aliphatic heterocycles. The molecule has 4 nitrogen and oxygen atoms in total. The highest BCUT2D eigenvalue weighted by molar-refractivity contribution is 6.43. The smallest absolute Gasteiger partial charge is 0.152 e. The molecular formula is C17H18Cl2N4. The van der Waals surface area contributed by atoms with E-state index in [-0.39, 0.29) is 0 Å². The molecule has 0 bridgehead atoms. The highest BCUT2D eigenvalue weighted by Crippen LogP contribution is 2.48. The van der Waals surface area contributed by atoms with Gasteiger partial charge in [0.1, 0.15) is 11.5 Å². The van der Waals surface area contributed by atoms with Gasteiger partial charge in [0.15, 0.2) is 5.82 Å². The summed E-state index contributed by atoms with van der Waals surface area (Å²) in [6, 6.07) is 5.43. The summed E-state index contributed by atoms with van der Waals surface area (Å²) in [5.41, 5.74) is 7.97. The van der Waals surface area contributed by atoms with Crippen molar-refractivity contribution >= 4 is 34.8 Å². The standard InChI is InChI=1S/C17H18Cl2N4/c18-12-4-1-3-11(14(12)19)15-16(20)22-13(9-21-15)23-8-7-17(10-23)5-2-6-17/h1,3-4,9H,2,5-8,10H2,(H2,20,22). The number of anilines is 2. The molecular weight excluding hydrogens is 331 g/mol. The molecule has 0 radical (unpaired) electrons. The maximum Gasteiger partial charge on any atom is 0.152 e. The fraction of sp³-hybridized carbons (Fsp3) is 0.412. The summed E-state index contributed by atoms with van der Waals surface area (Å²) < 4.78 is 0. The highest BCUT2D eigenvalue weighted by Gasteiger charge is 2.43. The van der Waals surface area contributed by atoms with E-state index in [1.54, 1.807) is 12.3 Å². The van der Waals surface area contributed by atoms with Crippen LogP contribution in [0.4, 0.5) is 11.6 Å². The maximum absolute atomic E-state index is 6.26. The van der Waals surface area contributed by atoms with Crippen LogP contribution in [0.5, 0.6) is 0 Å². The van der Waals surface area contributed by atoms with Crippen molar-refractivity contribution in [3.05, 3.63) is 34.4 Å². The van der Waals surface area contributed by atoms with E-state index in [0.29, 0.717) is 32.5 Å². The van der Waals surface area contributed by atoms with Crippen molar-refractivity contribution in [1.29, 1.82) is 0 Å². The van der Waals surface area contributed by atoms with Crippen LogP contribution < -0.4 is 10.6 Å². The molecule has 0 unspecified atom stereocenters. The third-order valence-electron chi connectivity index (χ3n) is 5.17. The van der Waals surface area contributed by atoms with E-state index < -0.39 is 0 Å². The van der Waals surface area contributed by atoms with E-state index in [4.69, 9.17) is 28.9 Å². The number of hydrogen-bond donors (Lipinski definition) is 1. The minimum Gasteiger partial charge on any atom is -0.382 e. The SMILES string of the molecule is Nc1nc(N2CCC3(CCC3)C2)cnc1-c1cccc(Cl)c1Cl. The van der Waals surface area contributed by atoms with Gasteiger partial charge in [0.2, 0.25) is 0 Å². The molecule has 2 fully saturated rings. The lowest BCUT2D eigenvalue weighted by atomic mass is 9.68.